The molecule has 1 fully saturated rings. The Morgan fingerprint density at radius 2 is 2.13 bits per heavy atom. The van der Waals surface area contributed by atoms with Crippen LogP contribution < -0.4 is 5.32 Å². The topological polar surface area (TPSA) is 79.4 Å². The number of nitrogens with zero attached hydrogens (tertiary/aromatic N) is 2. The molecule has 1 N–H and O–H groups in total. The minimum absolute atomic E-state index is 0.000501. The van der Waals surface area contributed by atoms with Crippen LogP contribution in [-0.4, -0.2) is 42.5 Å². The van der Waals surface area contributed by atoms with E-state index >= 15 is 0 Å². The van der Waals surface area contributed by atoms with E-state index < -0.39 is 10.0 Å². The predicted octanol–water partition coefficient (Wildman–Crippen LogP) is 1.54. The van der Waals surface area contributed by atoms with E-state index in [1.165, 1.54) is 4.31 Å². The highest BCUT2D eigenvalue weighted by Gasteiger charge is 2.30. The number of piperidine rings is 1. The van der Waals surface area contributed by atoms with Crippen LogP contribution in [0, 0.1) is 5.92 Å². The van der Waals surface area contributed by atoms with Gasteiger partial charge in [0.05, 0.1) is 5.75 Å². The second-order valence-corrected chi connectivity index (χ2v) is 8.01. The van der Waals surface area contributed by atoms with E-state index in [1.807, 2.05) is 19.1 Å². The second-order valence-electron chi connectivity index (χ2n) is 5.92. The predicted molar refractivity (Wildman–Crippen MR) is 89.1 cm³/mol. The Hall–Kier alpha value is -1.47. The monoisotopic (exact) mass is 339 g/mol. The SMILES string of the molecule is CCCCS(=O)(=O)N1CCC(C(=O)NCc2cccnc2)CC1. The third-order valence-electron chi connectivity index (χ3n) is 4.16. The van der Waals surface area contributed by atoms with Crippen LogP contribution in [-0.2, 0) is 21.4 Å². The number of rotatable bonds is 7. The molecule has 6 nitrogen and oxygen atoms in total. The number of unbranched alkanes of at least 4 members (excludes halogenated alkanes) is 1. The van der Waals surface area contributed by atoms with Gasteiger partial charge in [0.2, 0.25) is 15.9 Å². The largest absolute Gasteiger partial charge is 0.352 e. The lowest BCUT2D eigenvalue weighted by atomic mass is 9.97. The summed E-state index contributed by atoms with van der Waals surface area (Å²) >= 11 is 0. The van der Waals surface area contributed by atoms with Gasteiger partial charge in [-0.3, -0.25) is 9.78 Å². The van der Waals surface area contributed by atoms with Crippen LogP contribution in [0.5, 0.6) is 0 Å². The molecule has 2 heterocycles. The summed E-state index contributed by atoms with van der Waals surface area (Å²) in [6.45, 7) is 3.32. The molecule has 1 saturated heterocycles. The molecule has 0 spiro atoms. The number of sulfonamides is 1. The molecule has 0 unspecified atom stereocenters. The van der Waals surface area contributed by atoms with Gasteiger partial charge in [-0.05, 0) is 30.9 Å². The smallest absolute Gasteiger partial charge is 0.223 e. The Bertz CT molecular complexity index is 596. The Morgan fingerprint density at radius 3 is 2.74 bits per heavy atom. The summed E-state index contributed by atoms with van der Waals surface area (Å²) in [6.07, 6.45) is 6.15. The molecule has 128 valence electrons. The highest BCUT2D eigenvalue weighted by atomic mass is 32.2. The summed E-state index contributed by atoms with van der Waals surface area (Å²) in [5, 5.41) is 2.91. The van der Waals surface area contributed by atoms with Gasteiger partial charge >= 0.3 is 0 Å². The molecule has 0 saturated carbocycles. The average Bonchev–Trinajstić information content (AvgIpc) is 2.59. The van der Waals surface area contributed by atoms with Crippen LogP contribution in [0.1, 0.15) is 38.2 Å². The molecule has 0 aliphatic carbocycles. The van der Waals surface area contributed by atoms with Crippen molar-refractivity contribution in [3.63, 3.8) is 0 Å². The van der Waals surface area contributed by atoms with Crippen LogP contribution in [0.4, 0.5) is 0 Å². The minimum Gasteiger partial charge on any atom is -0.352 e. The normalized spacial score (nSPS) is 17.1. The Labute approximate surface area is 138 Å². The van der Waals surface area contributed by atoms with Crippen molar-refractivity contribution in [2.75, 3.05) is 18.8 Å². The van der Waals surface area contributed by atoms with Crippen molar-refractivity contribution in [3.8, 4) is 0 Å². The number of carbonyl (C=O) groups excluding carboxylic acids is 1. The van der Waals surface area contributed by atoms with Crippen LogP contribution in [0.2, 0.25) is 0 Å². The zero-order chi connectivity index (χ0) is 16.7. The number of amides is 1. The molecule has 7 heteroatoms. The highest BCUT2D eigenvalue weighted by molar-refractivity contribution is 7.89. The molecular weight excluding hydrogens is 314 g/mol. The number of nitrogens with one attached hydrogen (secondary N) is 1. The number of hydrogen-bond donors (Lipinski definition) is 1. The van der Waals surface area contributed by atoms with Crippen LogP contribution >= 0.6 is 0 Å². The molecule has 1 aliphatic rings. The minimum atomic E-state index is -3.16. The van der Waals surface area contributed by atoms with Crippen molar-refractivity contribution in [3.05, 3.63) is 30.1 Å². The van der Waals surface area contributed by atoms with Crippen LogP contribution in [0.25, 0.3) is 0 Å². The fourth-order valence-electron chi connectivity index (χ4n) is 2.69. The molecule has 1 amide bonds. The summed E-state index contributed by atoms with van der Waals surface area (Å²) in [6, 6.07) is 3.75. The first-order chi connectivity index (χ1) is 11.0. The van der Waals surface area contributed by atoms with Crippen molar-refractivity contribution in [1.82, 2.24) is 14.6 Å². The van der Waals surface area contributed by atoms with Crippen LogP contribution in [0.3, 0.4) is 0 Å². The van der Waals surface area contributed by atoms with Gasteiger partial charge in [0, 0.05) is 37.9 Å². The van der Waals surface area contributed by atoms with E-state index in [2.05, 4.69) is 10.3 Å². The zero-order valence-corrected chi connectivity index (χ0v) is 14.4. The zero-order valence-electron chi connectivity index (χ0n) is 13.6. The molecule has 1 aliphatic heterocycles. The summed E-state index contributed by atoms with van der Waals surface area (Å²) in [5.74, 6) is 0.102. The van der Waals surface area contributed by atoms with E-state index in [0.29, 0.717) is 38.9 Å². The molecule has 0 aromatic carbocycles. The van der Waals surface area contributed by atoms with Crippen LogP contribution in [0.15, 0.2) is 24.5 Å². The average molecular weight is 339 g/mol. The molecule has 0 atom stereocenters. The Morgan fingerprint density at radius 1 is 1.39 bits per heavy atom. The van der Waals surface area contributed by atoms with Gasteiger partial charge in [0.25, 0.3) is 0 Å². The molecule has 2 rings (SSSR count). The first-order valence-corrected chi connectivity index (χ1v) is 9.78. The first kappa shape index (κ1) is 17.9. The molecule has 0 radical (unpaired) electrons. The molecular formula is C16H25N3O3S. The van der Waals surface area contributed by atoms with Crippen molar-refractivity contribution in [1.29, 1.82) is 0 Å². The fraction of sp³-hybridized carbons (Fsp3) is 0.625. The van der Waals surface area contributed by atoms with Crippen molar-refractivity contribution in [2.24, 2.45) is 5.92 Å². The van der Waals surface area contributed by atoms with Gasteiger partial charge in [0.15, 0.2) is 0 Å². The number of aromatic nitrogens is 1. The highest BCUT2D eigenvalue weighted by Crippen LogP contribution is 2.20. The summed E-state index contributed by atoms with van der Waals surface area (Å²) in [5.41, 5.74) is 0.959. The van der Waals surface area contributed by atoms with Crippen molar-refractivity contribution in [2.45, 2.75) is 39.2 Å². The lowest BCUT2D eigenvalue weighted by molar-refractivity contribution is -0.126. The maximum absolute atomic E-state index is 12.2. The molecule has 23 heavy (non-hydrogen) atoms. The molecule has 1 aromatic rings. The first-order valence-electron chi connectivity index (χ1n) is 8.17. The second kappa shape index (κ2) is 8.40. The number of pyridine rings is 1. The van der Waals surface area contributed by atoms with E-state index in [-0.39, 0.29) is 17.6 Å². The maximum atomic E-state index is 12.2. The number of carbonyl (C=O) groups is 1. The summed E-state index contributed by atoms with van der Waals surface area (Å²) in [4.78, 5) is 16.2. The van der Waals surface area contributed by atoms with Gasteiger partial charge in [0.1, 0.15) is 0 Å². The van der Waals surface area contributed by atoms with Gasteiger partial charge in [-0.2, -0.15) is 0 Å². The Balaban J connectivity index is 1.78. The fourth-order valence-corrected chi connectivity index (χ4v) is 4.37. The van der Waals surface area contributed by atoms with E-state index in [0.717, 1.165) is 12.0 Å². The Kier molecular flexibility index (Phi) is 6.53. The molecule has 0 bridgehead atoms. The van der Waals surface area contributed by atoms with E-state index in [1.54, 1.807) is 12.4 Å². The molecule has 1 aromatic heterocycles. The lowest BCUT2D eigenvalue weighted by Gasteiger charge is -2.30. The standard InChI is InChI=1S/C16H25N3O3S/c1-2-3-11-23(21,22)19-9-6-15(7-10-19)16(20)18-13-14-5-4-8-17-12-14/h4-5,8,12,15H,2-3,6-7,9-11,13H2,1H3,(H,18,20). The lowest BCUT2D eigenvalue weighted by Crippen LogP contribution is -2.43. The van der Waals surface area contributed by atoms with E-state index in [4.69, 9.17) is 0 Å². The third-order valence-corrected chi connectivity index (χ3v) is 6.12. The summed E-state index contributed by atoms with van der Waals surface area (Å²) < 4.78 is 25.8. The van der Waals surface area contributed by atoms with E-state index in [9.17, 15) is 13.2 Å². The van der Waals surface area contributed by atoms with Gasteiger partial charge in [-0.1, -0.05) is 19.4 Å². The van der Waals surface area contributed by atoms with Crippen molar-refractivity contribution >= 4 is 15.9 Å². The van der Waals surface area contributed by atoms with Gasteiger partial charge in [-0.15, -0.1) is 0 Å². The maximum Gasteiger partial charge on any atom is 0.223 e. The number of hydrogen-bond acceptors (Lipinski definition) is 4. The van der Waals surface area contributed by atoms with Crippen molar-refractivity contribution < 1.29 is 13.2 Å². The summed E-state index contributed by atoms with van der Waals surface area (Å²) in [7, 11) is -3.16. The van der Waals surface area contributed by atoms with Gasteiger partial charge < -0.3 is 5.32 Å². The van der Waals surface area contributed by atoms with Gasteiger partial charge in [-0.25, -0.2) is 12.7 Å². The third kappa shape index (κ3) is 5.28. The quantitative estimate of drug-likeness (QED) is 0.817.